The Kier molecular flexibility index (Phi) is 5.50. The minimum absolute atomic E-state index is 0.0276. The van der Waals surface area contributed by atoms with Crippen molar-refractivity contribution in [2.45, 2.75) is 6.61 Å². The highest BCUT2D eigenvalue weighted by atomic mass is 19.1. The number of nitrogens with one attached hydrogen (secondary N) is 1. The van der Waals surface area contributed by atoms with Gasteiger partial charge in [0.05, 0.1) is 0 Å². The first-order valence-electron chi connectivity index (χ1n) is 8.24. The molecule has 0 spiro atoms. The number of hydrogen-bond donors (Lipinski definition) is 2. The molecule has 2 amide bonds. The first-order valence-corrected chi connectivity index (χ1v) is 8.24. The van der Waals surface area contributed by atoms with Gasteiger partial charge in [-0.25, -0.2) is 4.39 Å². The van der Waals surface area contributed by atoms with Gasteiger partial charge in [-0.3, -0.25) is 14.4 Å². The van der Waals surface area contributed by atoms with E-state index in [9.17, 15) is 18.8 Å². The van der Waals surface area contributed by atoms with Gasteiger partial charge in [0.25, 0.3) is 11.5 Å². The standard InChI is InChI=1S/C20H16FN3O4/c21-15-7-3-13(4-8-15)12-28-24-11-1-2-17(20(24)27)19(26)23-16-9-5-14(6-10-16)18(22)25/h1-11H,12H2,(H2,22,25)(H,23,26). The third-order valence-corrected chi connectivity index (χ3v) is 3.87. The average Bonchev–Trinajstić information content (AvgIpc) is 2.69. The van der Waals surface area contributed by atoms with Crippen molar-refractivity contribution in [2.24, 2.45) is 5.73 Å². The van der Waals surface area contributed by atoms with Gasteiger partial charge in [-0.1, -0.05) is 12.1 Å². The summed E-state index contributed by atoms with van der Waals surface area (Å²) in [6.07, 6.45) is 1.38. The Balaban J connectivity index is 1.72. The van der Waals surface area contributed by atoms with E-state index in [0.717, 1.165) is 4.73 Å². The number of nitrogens with zero attached hydrogens (tertiary/aromatic N) is 1. The van der Waals surface area contributed by atoms with Gasteiger partial charge >= 0.3 is 0 Å². The van der Waals surface area contributed by atoms with Gasteiger partial charge in [0.15, 0.2) is 0 Å². The van der Waals surface area contributed by atoms with Gasteiger partial charge in [0.2, 0.25) is 5.91 Å². The highest BCUT2D eigenvalue weighted by Crippen LogP contribution is 2.10. The second-order valence-electron chi connectivity index (χ2n) is 5.85. The second kappa shape index (κ2) is 8.17. The summed E-state index contributed by atoms with van der Waals surface area (Å²) in [7, 11) is 0. The first-order chi connectivity index (χ1) is 13.4. The molecule has 0 radical (unpaired) electrons. The van der Waals surface area contributed by atoms with E-state index < -0.39 is 17.4 Å². The van der Waals surface area contributed by atoms with Gasteiger partial charge in [0, 0.05) is 17.4 Å². The zero-order valence-electron chi connectivity index (χ0n) is 14.6. The van der Waals surface area contributed by atoms with Crippen molar-refractivity contribution in [3.8, 4) is 0 Å². The van der Waals surface area contributed by atoms with Crippen molar-refractivity contribution in [1.82, 2.24) is 4.73 Å². The Labute approximate surface area is 159 Å². The summed E-state index contributed by atoms with van der Waals surface area (Å²) in [5, 5.41) is 2.57. The minimum Gasteiger partial charge on any atom is -0.406 e. The van der Waals surface area contributed by atoms with Crippen LogP contribution in [0.25, 0.3) is 0 Å². The summed E-state index contributed by atoms with van der Waals surface area (Å²) in [5.41, 5.74) is 5.77. The number of anilines is 1. The summed E-state index contributed by atoms with van der Waals surface area (Å²) in [6, 6.07) is 14.4. The molecule has 1 heterocycles. The third-order valence-electron chi connectivity index (χ3n) is 3.87. The molecule has 0 aliphatic rings. The Hall–Kier alpha value is -3.94. The number of carbonyl (C=O) groups excluding carboxylic acids is 2. The lowest BCUT2D eigenvalue weighted by atomic mass is 10.2. The molecule has 3 rings (SSSR count). The molecule has 0 atom stereocenters. The number of amides is 2. The normalized spacial score (nSPS) is 10.3. The summed E-state index contributed by atoms with van der Waals surface area (Å²) >= 11 is 0. The molecule has 0 saturated heterocycles. The van der Waals surface area contributed by atoms with E-state index in [0.29, 0.717) is 16.8 Å². The van der Waals surface area contributed by atoms with Gasteiger partial charge in [-0.2, -0.15) is 4.73 Å². The molecule has 3 N–H and O–H groups in total. The number of halogens is 1. The van der Waals surface area contributed by atoms with Crippen LogP contribution in [-0.4, -0.2) is 16.5 Å². The van der Waals surface area contributed by atoms with Crippen molar-refractivity contribution in [2.75, 3.05) is 5.32 Å². The van der Waals surface area contributed by atoms with Crippen LogP contribution in [0.1, 0.15) is 26.3 Å². The minimum atomic E-state index is -0.643. The summed E-state index contributed by atoms with van der Waals surface area (Å²) in [5.74, 6) is -1.58. The second-order valence-corrected chi connectivity index (χ2v) is 5.85. The molecule has 8 heteroatoms. The van der Waals surface area contributed by atoms with Crippen LogP contribution in [0.2, 0.25) is 0 Å². The third kappa shape index (κ3) is 4.42. The van der Waals surface area contributed by atoms with E-state index in [-0.39, 0.29) is 18.0 Å². The fourth-order valence-corrected chi connectivity index (χ4v) is 2.39. The van der Waals surface area contributed by atoms with Crippen LogP contribution >= 0.6 is 0 Å². The van der Waals surface area contributed by atoms with Crippen molar-refractivity contribution in [3.05, 3.63) is 99.7 Å². The van der Waals surface area contributed by atoms with E-state index in [4.69, 9.17) is 10.6 Å². The fourth-order valence-electron chi connectivity index (χ4n) is 2.39. The lowest BCUT2D eigenvalue weighted by Crippen LogP contribution is -2.32. The molecule has 0 aliphatic carbocycles. The van der Waals surface area contributed by atoms with Crippen LogP contribution in [0, 0.1) is 5.82 Å². The van der Waals surface area contributed by atoms with Crippen molar-refractivity contribution in [3.63, 3.8) is 0 Å². The van der Waals surface area contributed by atoms with Crippen molar-refractivity contribution >= 4 is 17.5 Å². The van der Waals surface area contributed by atoms with Crippen LogP contribution in [-0.2, 0) is 6.61 Å². The number of rotatable bonds is 6. The van der Waals surface area contributed by atoms with E-state index in [1.54, 1.807) is 0 Å². The quantitative estimate of drug-likeness (QED) is 0.681. The Morgan fingerprint density at radius 3 is 2.36 bits per heavy atom. The number of hydrogen-bond acceptors (Lipinski definition) is 4. The van der Waals surface area contributed by atoms with Crippen molar-refractivity contribution < 1.29 is 18.8 Å². The van der Waals surface area contributed by atoms with E-state index in [2.05, 4.69) is 5.32 Å². The molecule has 0 fully saturated rings. The number of carbonyl (C=O) groups is 2. The zero-order valence-corrected chi connectivity index (χ0v) is 14.6. The van der Waals surface area contributed by atoms with Crippen LogP contribution < -0.4 is 21.4 Å². The predicted octanol–water partition coefficient (Wildman–Crippen LogP) is 1.97. The maximum atomic E-state index is 12.9. The number of nitrogens with two attached hydrogens (primary N) is 1. The number of pyridine rings is 1. The highest BCUT2D eigenvalue weighted by molar-refractivity contribution is 6.04. The topological polar surface area (TPSA) is 103 Å². The number of primary amides is 1. The van der Waals surface area contributed by atoms with Gasteiger partial charge < -0.3 is 15.9 Å². The molecule has 28 heavy (non-hydrogen) atoms. The molecule has 3 aromatic rings. The average molecular weight is 381 g/mol. The SMILES string of the molecule is NC(=O)c1ccc(NC(=O)c2cccn(OCc3ccc(F)cc3)c2=O)cc1. The largest absolute Gasteiger partial charge is 0.406 e. The summed E-state index contributed by atoms with van der Waals surface area (Å²) in [6.45, 7) is 0.0276. The lowest BCUT2D eigenvalue weighted by molar-refractivity contribution is 0.0863. The molecule has 0 bridgehead atoms. The Morgan fingerprint density at radius 2 is 1.71 bits per heavy atom. The monoisotopic (exact) mass is 381 g/mol. The van der Waals surface area contributed by atoms with Crippen LogP contribution in [0.5, 0.6) is 0 Å². The number of benzene rings is 2. The Morgan fingerprint density at radius 1 is 1.04 bits per heavy atom. The zero-order chi connectivity index (χ0) is 20.1. The van der Waals surface area contributed by atoms with Gasteiger partial charge in [-0.05, 0) is 54.1 Å². The molecule has 1 aromatic heterocycles. The van der Waals surface area contributed by atoms with Crippen LogP contribution in [0.4, 0.5) is 10.1 Å². The fraction of sp³-hybridized carbons (Fsp3) is 0.0500. The summed E-state index contributed by atoms with van der Waals surface area (Å²) < 4.78 is 13.9. The maximum Gasteiger partial charge on any atom is 0.295 e. The highest BCUT2D eigenvalue weighted by Gasteiger charge is 2.13. The van der Waals surface area contributed by atoms with Gasteiger partial charge in [0.1, 0.15) is 18.0 Å². The number of aromatic nitrogens is 1. The maximum absolute atomic E-state index is 12.9. The van der Waals surface area contributed by atoms with Gasteiger partial charge in [-0.15, -0.1) is 0 Å². The van der Waals surface area contributed by atoms with Crippen molar-refractivity contribution in [1.29, 1.82) is 0 Å². The predicted molar refractivity (Wildman–Crippen MR) is 100 cm³/mol. The molecule has 142 valence electrons. The molecule has 2 aromatic carbocycles. The molecule has 7 nitrogen and oxygen atoms in total. The molecule has 0 unspecified atom stereocenters. The lowest BCUT2D eigenvalue weighted by Gasteiger charge is -2.10. The molecule has 0 saturated carbocycles. The Bertz CT molecular complexity index is 1060. The smallest absolute Gasteiger partial charge is 0.295 e. The van der Waals surface area contributed by atoms with E-state index in [1.165, 1.54) is 66.9 Å². The van der Waals surface area contributed by atoms with E-state index >= 15 is 0 Å². The molecular formula is C20H16FN3O4. The van der Waals surface area contributed by atoms with E-state index in [1.807, 2.05) is 0 Å². The molecular weight excluding hydrogens is 365 g/mol. The van der Waals surface area contributed by atoms with Crippen LogP contribution in [0.15, 0.2) is 71.7 Å². The first kappa shape index (κ1) is 18.8. The summed E-state index contributed by atoms with van der Waals surface area (Å²) in [4.78, 5) is 41.4. The van der Waals surface area contributed by atoms with Crippen LogP contribution in [0.3, 0.4) is 0 Å². The molecule has 0 aliphatic heterocycles.